The first kappa shape index (κ1) is 24.8. The lowest BCUT2D eigenvalue weighted by molar-refractivity contribution is 0.103. The molecule has 0 radical (unpaired) electrons. The fraction of sp³-hybridized carbons (Fsp3) is 0.280. The smallest absolute Gasteiger partial charge is 0.321 e. The minimum absolute atomic E-state index is 0. The number of rotatable bonds is 5. The van der Waals surface area contributed by atoms with Gasteiger partial charge in [0.2, 0.25) is 5.78 Å². The van der Waals surface area contributed by atoms with E-state index in [2.05, 4.69) is 16.7 Å². The van der Waals surface area contributed by atoms with Crippen LogP contribution in [0.25, 0.3) is 0 Å². The number of carbonyl (C=O) groups excluding carboxylic acids is 2. The van der Waals surface area contributed by atoms with Crippen molar-refractivity contribution in [2.24, 2.45) is 7.05 Å². The van der Waals surface area contributed by atoms with Gasteiger partial charge in [0.1, 0.15) is 0 Å². The molecule has 2 heterocycles. The fourth-order valence-electron chi connectivity index (χ4n) is 4.05. The number of nitrogens with zero attached hydrogens (tertiary/aromatic N) is 2. The summed E-state index contributed by atoms with van der Waals surface area (Å²) in [5, 5.41) is 6.82. The molecule has 174 valence electrons. The number of aromatic nitrogens is 1. The Balaban J connectivity index is 0.00000306. The van der Waals surface area contributed by atoms with Gasteiger partial charge in [-0.15, -0.1) is 12.4 Å². The van der Waals surface area contributed by atoms with E-state index in [4.69, 9.17) is 11.6 Å². The third kappa shape index (κ3) is 5.77. The Bertz CT molecular complexity index is 1120. The highest BCUT2D eigenvalue weighted by atomic mass is 35.5. The maximum Gasteiger partial charge on any atom is 0.321 e. The van der Waals surface area contributed by atoms with Gasteiger partial charge in [-0.2, -0.15) is 0 Å². The lowest BCUT2D eigenvalue weighted by Gasteiger charge is -2.27. The van der Waals surface area contributed by atoms with Crippen molar-refractivity contribution in [1.82, 2.24) is 14.8 Å². The topological polar surface area (TPSA) is 66.4 Å². The lowest BCUT2D eigenvalue weighted by atomic mass is 10.1. The number of ketones is 1. The number of benzene rings is 2. The molecule has 3 aromatic rings. The van der Waals surface area contributed by atoms with Crippen LogP contribution < -0.4 is 10.6 Å². The summed E-state index contributed by atoms with van der Waals surface area (Å²) in [5.41, 5.74) is 5.19. The highest BCUT2D eigenvalue weighted by molar-refractivity contribution is 6.30. The first-order valence-electron chi connectivity index (χ1n) is 10.7. The van der Waals surface area contributed by atoms with Crippen LogP contribution >= 0.6 is 24.0 Å². The van der Waals surface area contributed by atoms with Crippen molar-refractivity contribution in [2.45, 2.75) is 13.3 Å². The molecule has 0 spiro atoms. The van der Waals surface area contributed by atoms with E-state index >= 15 is 0 Å². The fourth-order valence-corrected chi connectivity index (χ4v) is 4.17. The molecule has 0 atom stereocenters. The number of nitrogens with one attached hydrogen (secondary N) is 2. The Labute approximate surface area is 205 Å². The number of hydrogen-bond acceptors (Lipinski definition) is 3. The van der Waals surface area contributed by atoms with Crippen molar-refractivity contribution >= 4 is 41.5 Å². The molecular weight excluding hydrogens is 459 g/mol. The van der Waals surface area contributed by atoms with E-state index in [0.717, 1.165) is 35.6 Å². The van der Waals surface area contributed by atoms with Crippen molar-refractivity contribution in [2.75, 3.05) is 31.5 Å². The lowest BCUT2D eigenvalue weighted by Crippen LogP contribution is -2.48. The van der Waals surface area contributed by atoms with E-state index in [9.17, 15) is 9.59 Å². The molecule has 0 saturated carbocycles. The largest absolute Gasteiger partial charge is 0.344 e. The van der Waals surface area contributed by atoms with Crippen LogP contribution in [-0.2, 0) is 13.5 Å². The molecule has 1 aromatic heterocycles. The Morgan fingerprint density at radius 2 is 1.67 bits per heavy atom. The van der Waals surface area contributed by atoms with Crippen LogP contribution in [0.15, 0.2) is 54.6 Å². The molecule has 1 saturated heterocycles. The third-order valence-corrected chi connectivity index (χ3v) is 6.09. The van der Waals surface area contributed by atoms with Gasteiger partial charge in [-0.25, -0.2) is 4.79 Å². The second-order valence-corrected chi connectivity index (χ2v) is 8.54. The van der Waals surface area contributed by atoms with E-state index in [1.54, 1.807) is 24.3 Å². The molecule has 4 rings (SSSR count). The summed E-state index contributed by atoms with van der Waals surface area (Å²) in [4.78, 5) is 27.2. The first-order chi connectivity index (χ1) is 15.4. The molecule has 2 aromatic carbocycles. The summed E-state index contributed by atoms with van der Waals surface area (Å²) in [7, 11) is 1.92. The average Bonchev–Trinajstić information content (AvgIpc) is 3.08. The Kier molecular flexibility index (Phi) is 8.19. The zero-order chi connectivity index (χ0) is 22.7. The molecule has 6 nitrogen and oxygen atoms in total. The second-order valence-electron chi connectivity index (χ2n) is 8.10. The van der Waals surface area contributed by atoms with Crippen LogP contribution in [0.2, 0.25) is 5.02 Å². The summed E-state index contributed by atoms with van der Waals surface area (Å²) in [6, 6.07) is 16.8. The number of piperazine rings is 1. The number of hydrogen-bond donors (Lipinski definition) is 2. The third-order valence-electron chi connectivity index (χ3n) is 5.84. The quantitative estimate of drug-likeness (QED) is 0.515. The maximum absolute atomic E-state index is 13.0. The maximum atomic E-state index is 13.0. The molecule has 1 aliphatic heterocycles. The summed E-state index contributed by atoms with van der Waals surface area (Å²) in [5.74, 6) is -0.0149. The summed E-state index contributed by atoms with van der Waals surface area (Å²) in [6.45, 7) is 5.04. The van der Waals surface area contributed by atoms with Gasteiger partial charge in [-0.05, 0) is 60.5 Å². The van der Waals surface area contributed by atoms with Gasteiger partial charge in [-0.3, -0.25) is 4.79 Å². The monoisotopic (exact) mass is 486 g/mol. The first-order valence-corrected chi connectivity index (χ1v) is 11.1. The van der Waals surface area contributed by atoms with E-state index < -0.39 is 0 Å². The zero-order valence-corrected chi connectivity index (χ0v) is 20.3. The minimum atomic E-state index is -0.0670. The predicted octanol–water partition coefficient (Wildman–Crippen LogP) is 4.67. The summed E-state index contributed by atoms with van der Waals surface area (Å²) < 4.78 is 1.96. The van der Waals surface area contributed by atoms with Gasteiger partial charge in [0.15, 0.2) is 0 Å². The average molecular weight is 487 g/mol. The molecule has 1 aliphatic rings. The Morgan fingerprint density at radius 3 is 2.30 bits per heavy atom. The number of anilines is 1. The van der Waals surface area contributed by atoms with Crippen molar-refractivity contribution in [3.05, 3.63) is 87.7 Å². The number of urea groups is 1. The number of aryl methyl sites for hydroxylation is 1. The summed E-state index contributed by atoms with van der Waals surface area (Å²) in [6.07, 6.45) is 0.692. The number of halogens is 2. The zero-order valence-electron chi connectivity index (χ0n) is 18.7. The van der Waals surface area contributed by atoms with Gasteiger partial charge in [0.25, 0.3) is 0 Å². The molecule has 8 heteroatoms. The van der Waals surface area contributed by atoms with Crippen LogP contribution in [0.3, 0.4) is 0 Å². The van der Waals surface area contributed by atoms with Crippen LogP contribution in [0.4, 0.5) is 10.5 Å². The molecule has 1 fully saturated rings. The molecule has 0 aliphatic carbocycles. The SMILES string of the molecule is Cc1cc(Cc2ccc(NC(=O)N3CCNCC3)cc2)n(C)c1C(=O)c1ccc(Cl)cc1.Cl. The molecule has 33 heavy (non-hydrogen) atoms. The molecule has 2 N–H and O–H groups in total. The molecular formula is C25H28Cl2N4O2. The normalized spacial score (nSPS) is 13.4. The highest BCUT2D eigenvalue weighted by Gasteiger charge is 2.19. The number of carbonyl (C=O) groups is 2. The van der Waals surface area contributed by atoms with Crippen LogP contribution in [0.1, 0.15) is 32.9 Å². The minimum Gasteiger partial charge on any atom is -0.344 e. The van der Waals surface area contributed by atoms with Crippen molar-refractivity contribution in [3.8, 4) is 0 Å². The Morgan fingerprint density at radius 1 is 1.03 bits per heavy atom. The second kappa shape index (κ2) is 10.9. The number of amides is 2. The molecule has 0 bridgehead atoms. The highest BCUT2D eigenvalue weighted by Crippen LogP contribution is 2.22. The van der Waals surface area contributed by atoms with Gasteiger partial charge in [0.05, 0.1) is 5.69 Å². The van der Waals surface area contributed by atoms with E-state index in [0.29, 0.717) is 35.8 Å². The van der Waals surface area contributed by atoms with Gasteiger partial charge < -0.3 is 20.1 Å². The summed E-state index contributed by atoms with van der Waals surface area (Å²) >= 11 is 5.95. The van der Waals surface area contributed by atoms with Gasteiger partial charge in [0, 0.05) is 61.6 Å². The van der Waals surface area contributed by atoms with E-state index in [1.807, 2.05) is 47.7 Å². The molecule has 0 unspecified atom stereocenters. The van der Waals surface area contributed by atoms with Crippen molar-refractivity contribution in [3.63, 3.8) is 0 Å². The predicted molar refractivity (Wildman–Crippen MR) is 135 cm³/mol. The molecule has 2 amide bonds. The standard InChI is InChI=1S/C25H27ClN4O2.ClH/c1-17-15-22(29(2)23(17)24(31)19-5-7-20(26)8-6-19)16-18-3-9-21(10-4-18)28-25(32)30-13-11-27-12-14-30;/h3-10,15,27H,11-14,16H2,1-2H3,(H,28,32);1H. The Hall–Kier alpha value is -2.80. The van der Waals surface area contributed by atoms with Crippen LogP contribution in [-0.4, -0.2) is 47.5 Å². The van der Waals surface area contributed by atoms with Crippen LogP contribution in [0.5, 0.6) is 0 Å². The van der Waals surface area contributed by atoms with Crippen molar-refractivity contribution < 1.29 is 9.59 Å². The van der Waals surface area contributed by atoms with Gasteiger partial charge >= 0.3 is 6.03 Å². The van der Waals surface area contributed by atoms with Crippen LogP contribution in [0, 0.1) is 6.92 Å². The van der Waals surface area contributed by atoms with E-state index in [-0.39, 0.29) is 24.2 Å². The van der Waals surface area contributed by atoms with E-state index in [1.165, 1.54) is 0 Å². The van der Waals surface area contributed by atoms with Crippen molar-refractivity contribution in [1.29, 1.82) is 0 Å². The van der Waals surface area contributed by atoms with Gasteiger partial charge in [-0.1, -0.05) is 23.7 Å².